The van der Waals surface area contributed by atoms with Gasteiger partial charge < -0.3 is 9.13 Å². The van der Waals surface area contributed by atoms with E-state index in [0.717, 1.165) is 22.5 Å². The van der Waals surface area contributed by atoms with E-state index in [1.807, 2.05) is 0 Å². The second-order valence-corrected chi connectivity index (χ2v) is 17.9. The Morgan fingerprint density at radius 2 is 0.529 bits per heavy atom. The van der Waals surface area contributed by atoms with E-state index in [9.17, 15) is 0 Å². The fourth-order valence-corrected chi connectivity index (χ4v) is 11.4. The first-order valence-corrected chi connectivity index (χ1v) is 23.5. The van der Waals surface area contributed by atoms with Gasteiger partial charge in [0.15, 0.2) is 0 Å². The number of hydrogen-bond acceptors (Lipinski definition) is 0. The predicted octanol–water partition coefficient (Wildman–Crippen LogP) is 18.0. The zero-order valence-electron chi connectivity index (χ0n) is 37.1. The summed E-state index contributed by atoms with van der Waals surface area (Å²) in [7, 11) is 0. The van der Waals surface area contributed by atoms with Crippen molar-refractivity contribution >= 4 is 75.7 Å². The predicted molar refractivity (Wildman–Crippen MR) is 289 cm³/mol. The van der Waals surface area contributed by atoms with E-state index in [1.54, 1.807) is 0 Å². The number of rotatable bonds is 6. The monoisotopic (exact) mass is 862 g/mol. The largest absolute Gasteiger partial charge is 0.308 e. The molecule has 0 aliphatic heterocycles. The van der Waals surface area contributed by atoms with Crippen LogP contribution in [0.2, 0.25) is 0 Å². The van der Waals surface area contributed by atoms with Gasteiger partial charge in [0.1, 0.15) is 0 Å². The number of aromatic nitrogens is 2. The van der Waals surface area contributed by atoms with Gasteiger partial charge in [-0.1, -0.05) is 231 Å². The van der Waals surface area contributed by atoms with E-state index in [4.69, 9.17) is 0 Å². The molecule has 0 spiro atoms. The third-order valence-electron chi connectivity index (χ3n) is 14.2. The molecule has 316 valence electrons. The molecular weight excluding hydrogens is 821 g/mol. The van der Waals surface area contributed by atoms with Gasteiger partial charge in [0.05, 0.1) is 22.4 Å². The van der Waals surface area contributed by atoms with Crippen molar-refractivity contribution in [1.82, 2.24) is 9.13 Å². The standard InChI is InChI=1S/C66H42N2/c1-5-23-45(24-6-1)57-61-59-53-33-17-20-36-56(53)66-62(58(46-25-7-2-8-26-46)64(48-29-11-4-12-30-48)68(66)52-40-38-44-22-14-16-32-50(44)42-52)60(59)54-34-18-19-35-55(54)65(61)67(63(57)47-27-9-3-10-28-47)51-39-37-43-21-13-15-31-49(43)41-51/h1-42H. The SMILES string of the molecule is c1ccc(-c2c(-c3ccccc3)n(-c3ccc4ccccc4c3)c3c4ccccc4c4c5c(-c6ccccc6)c(-c6ccccc6)n(-c6ccc7ccccc7c6)c5c5ccccc5c4c23)cc1. The van der Waals surface area contributed by atoms with Crippen molar-refractivity contribution in [2.45, 2.75) is 0 Å². The fourth-order valence-electron chi connectivity index (χ4n) is 11.4. The Bertz CT molecular complexity index is 4000. The third kappa shape index (κ3) is 5.71. The van der Waals surface area contributed by atoms with E-state index in [-0.39, 0.29) is 0 Å². The second-order valence-electron chi connectivity index (χ2n) is 17.9. The Kier molecular flexibility index (Phi) is 8.62. The lowest BCUT2D eigenvalue weighted by atomic mass is 9.86. The maximum Gasteiger partial charge on any atom is 0.0626 e. The number of nitrogens with zero attached hydrogens (tertiary/aromatic N) is 2. The number of hydrogen-bond donors (Lipinski definition) is 0. The fraction of sp³-hybridized carbons (Fsp3) is 0. The van der Waals surface area contributed by atoms with Crippen LogP contribution < -0.4 is 0 Å². The Morgan fingerprint density at radius 1 is 0.221 bits per heavy atom. The van der Waals surface area contributed by atoms with Gasteiger partial charge in [-0.05, 0) is 78.8 Å². The summed E-state index contributed by atoms with van der Waals surface area (Å²) in [6.45, 7) is 0. The average Bonchev–Trinajstić information content (AvgIpc) is 3.97. The van der Waals surface area contributed by atoms with Crippen molar-refractivity contribution in [3.63, 3.8) is 0 Å². The Morgan fingerprint density at radius 3 is 0.912 bits per heavy atom. The lowest BCUT2D eigenvalue weighted by Gasteiger charge is -2.18. The van der Waals surface area contributed by atoms with Crippen LogP contribution in [0.1, 0.15) is 0 Å². The molecule has 0 amide bonds. The lowest BCUT2D eigenvalue weighted by Crippen LogP contribution is -1.99. The molecule has 12 aromatic carbocycles. The smallest absolute Gasteiger partial charge is 0.0626 e. The van der Waals surface area contributed by atoms with Crippen LogP contribution >= 0.6 is 0 Å². The van der Waals surface area contributed by atoms with Crippen LogP contribution in [0.4, 0.5) is 0 Å². The molecule has 0 bridgehead atoms. The van der Waals surface area contributed by atoms with Crippen LogP contribution in [-0.4, -0.2) is 9.13 Å². The molecule has 0 radical (unpaired) electrons. The minimum Gasteiger partial charge on any atom is -0.308 e. The zero-order chi connectivity index (χ0) is 44.7. The zero-order valence-corrected chi connectivity index (χ0v) is 37.1. The molecule has 0 N–H and O–H groups in total. The van der Waals surface area contributed by atoms with Gasteiger partial charge in [-0.15, -0.1) is 0 Å². The van der Waals surface area contributed by atoms with Crippen LogP contribution in [0.3, 0.4) is 0 Å². The molecular formula is C66H42N2. The van der Waals surface area contributed by atoms with Gasteiger partial charge in [0, 0.05) is 54.8 Å². The summed E-state index contributed by atoms with van der Waals surface area (Å²) < 4.78 is 5.15. The lowest BCUT2D eigenvalue weighted by molar-refractivity contribution is 1.14. The molecule has 0 unspecified atom stereocenters. The first-order chi connectivity index (χ1) is 33.8. The van der Waals surface area contributed by atoms with Gasteiger partial charge in [-0.25, -0.2) is 0 Å². The van der Waals surface area contributed by atoms with E-state index in [1.165, 1.54) is 109 Å². The number of benzene rings is 12. The summed E-state index contributed by atoms with van der Waals surface area (Å²) in [6.07, 6.45) is 0. The van der Waals surface area contributed by atoms with Gasteiger partial charge >= 0.3 is 0 Å². The molecule has 68 heavy (non-hydrogen) atoms. The molecule has 0 aliphatic rings. The molecule has 0 fully saturated rings. The van der Waals surface area contributed by atoms with Crippen molar-refractivity contribution in [3.8, 4) is 56.1 Å². The molecule has 0 atom stereocenters. The van der Waals surface area contributed by atoms with Gasteiger partial charge in [-0.2, -0.15) is 0 Å². The van der Waals surface area contributed by atoms with Crippen molar-refractivity contribution < 1.29 is 0 Å². The Labute approximate surface area is 393 Å². The van der Waals surface area contributed by atoms with Crippen molar-refractivity contribution in [3.05, 3.63) is 255 Å². The Hall–Kier alpha value is -8.98. The summed E-state index contributed by atoms with van der Waals surface area (Å²) in [4.78, 5) is 0. The average molecular weight is 863 g/mol. The van der Waals surface area contributed by atoms with Crippen LogP contribution in [0, 0.1) is 0 Å². The highest BCUT2D eigenvalue weighted by Crippen LogP contribution is 2.55. The third-order valence-corrected chi connectivity index (χ3v) is 14.2. The molecule has 2 aromatic heterocycles. The maximum absolute atomic E-state index is 2.58. The highest BCUT2D eigenvalue weighted by molar-refractivity contribution is 6.43. The first-order valence-electron chi connectivity index (χ1n) is 23.5. The van der Waals surface area contributed by atoms with Crippen LogP contribution in [0.15, 0.2) is 255 Å². The van der Waals surface area contributed by atoms with E-state index < -0.39 is 0 Å². The summed E-state index contributed by atoms with van der Waals surface area (Å²) in [5, 5.41) is 14.7. The molecule has 14 aromatic rings. The maximum atomic E-state index is 2.58. The van der Waals surface area contributed by atoms with Gasteiger partial charge in [0.25, 0.3) is 0 Å². The van der Waals surface area contributed by atoms with Crippen LogP contribution in [-0.2, 0) is 0 Å². The van der Waals surface area contributed by atoms with Crippen molar-refractivity contribution in [2.75, 3.05) is 0 Å². The van der Waals surface area contributed by atoms with Gasteiger partial charge in [0.2, 0.25) is 0 Å². The second kappa shape index (κ2) is 15.3. The highest BCUT2D eigenvalue weighted by Gasteiger charge is 2.31. The van der Waals surface area contributed by atoms with E-state index in [2.05, 4.69) is 264 Å². The van der Waals surface area contributed by atoms with Crippen LogP contribution in [0.25, 0.3) is 132 Å². The van der Waals surface area contributed by atoms with E-state index in [0.29, 0.717) is 0 Å². The number of fused-ring (bicyclic) bond motifs is 13. The molecule has 0 saturated carbocycles. The summed E-state index contributed by atoms with van der Waals surface area (Å²) in [5.74, 6) is 0. The molecule has 2 heterocycles. The van der Waals surface area contributed by atoms with Gasteiger partial charge in [-0.3, -0.25) is 0 Å². The summed E-state index contributed by atoms with van der Waals surface area (Å²) in [6, 6.07) is 94.0. The minimum atomic E-state index is 1.13. The molecule has 0 saturated heterocycles. The quantitative estimate of drug-likeness (QED) is 0.147. The molecule has 14 rings (SSSR count). The molecule has 0 aliphatic carbocycles. The normalized spacial score (nSPS) is 11.8. The Balaban J connectivity index is 1.31. The molecule has 2 nitrogen and oxygen atoms in total. The first kappa shape index (κ1) is 38.3. The molecule has 2 heteroatoms. The van der Waals surface area contributed by atoms with Crippen molar-refractivity contribution in [1.29, 1.82) is 0 Å². The van der Waals surface area contributed by atoms with Crippen molar-refractivity contribution in [2.24, 2.45) is 0 Å². The topological polar surface area (TPSA) is 9.86 Å². The highest BCUT2D eigenvalue weighted by atomic mass is 15.0. The summed E-state index contributed by atoms with van der Waals surface area (Å²) in [5.41, 5.74) is 14.1. The van der Waals surface area contributed by atoms with Crippen LogP contribution in [0.5, 0.6) is 0 Å². The summed E-state index contributed by atoms with van der Waals surface area (Å²) >= 11 is 0. The minimum absolute atomic E-state index is 1.13. The van der Waals surface area contributed by atoms with E-state index >= 15 is 0 Å².